The Morgan fingerprint density at radius 1 is 1.53 bits per heavy atom. The standard InChI is InChI=1S/C11H18N2O2/c1-5-10(14)9(7(2)3)6-8(4)11(15)13-12/h5-7,14H,4,12H2,1-3H3,(H,13,15)/b9-6-,10-5+. The van der Waals surface area contributed by atoms with Gasteiger partial charge in [-0.1, -0.05) is 20.4 Å². The van der Waals surface area contributed by atoms with Crippen LogP contribution in [0.4, 0.5) is 0 Å². The Kier molecular flexibility index (Phi) is 5.41. The molecule has 4 heteroatoms. The molecular weight excluding hydrogens is 192 g/mol. The van der Waals surface area contributed by atoms with E-state index < -0.39 is 5.91 Å². The minimum atomic E-state index is -0.461. The average Bonchev–Trinajstić information content (AvgIpc) is 2.22. The number of hydrogen-bond acceptors (Lipinski definition) is 3. The van der Waals surface area contributed by atoms with E-state index in [0.29, 0.717) is 5.57 Å². The van der Waals surface area contributed by atoms with Gasteiger partial charge in [-0.3, -0.25) is 10.2 Å². The minimum absolute atomic E-state index is 0.100. The number of aliphatic hydroxyl groups excluding tert-OH is 1. The molecule has 0 aromatic heterocycles. The number of nitrogens with two attached hydrogens (primary N) is 1. The van der Waals surface area contributed by atoms with Crippen LogP contribution in [0.2, 0.25) is 0 Å². The van der Waals surface area contributed by atoms with Crippen molar-refractivity contribution in [1.29, 1.82) is 0 Å². The van der Waals surface area contributed by atoms with Crippen LogP contribution in [0.1, 0.15) is 20.8 Å². The molecule has 0 saturated carbocycles. The van der Waals surface area contributed by atoms with Crippen LogP contribution >= 0.6 is 0 Å². The third kappa shape index (κ3) is 3.99. The van der Waals surface area contributed by atoms with Crippen LogP contribution in [-0.2, 0) is 4.79 Å². The van der Waals surface area contributed by atoms with Crippen molar-refractivity contribution >= 4 is 5.91 Å². The molecule has 4 nitrogen and oxygen atoms in total. The normalized spacial score (nSPS) is 12.9. The summed E-state index contributed by atoms with van der Waals surface area (Å²) < 4.78 is 0. The molecule has 0 unspecified atom stereocenters. The highest BCUT2D eigenvalue weighted by Crippen LogP contribution is 2.18. The van der Waals surface area contributed by atoms with E-state index in [4.69, 9.17) is 5.84 Å². The first-order chi connectivity index (χ1) is 6.93. The van der Waals surface area contributed by atoms with Gasteiger partial charge in [0.25, 0.3) is 5.91 Å². The van der Waals surface area contributed by atoms with Crippen molar-refractivity contribution in [3.05, 3.63) is 35.6 Å². The molecule has 15 heavy (non-hydrogen) atoms. The number of carbonyl (C=O) groups excluding carboxylic acids is 1. The predicted molar refractivity (Wildman–Crippen MR) is 60.8 cm³/mol. The Labute approximate surface area is 90.1 Å². The summed E-state index contributed by atoms with van der Waals surface area (Å²) in [4.78, 5) is 11.1. The lowest BCUT2D eigenvalue weighted by atomic mass is 9.98. The number of amides is 1. The van der Waals surface area contributed by atoms with E-state index in [1.54, 1.807) is 13.0 Å². The van der Waals surface area contributed by atoms with Gasteiger partial charge in [0.15, 0.2) is 0 Å². The molecule has 0 rings (SSSR count). The van der Waals surface area contributed by atoms with Crippen LogP contribution < -0.4 is 11.3 Å². The summed E-state index contributed by atoms with van der Waals surface area (Å²) in [6.07, 6.45) is 3.10. The number of carbonyl (C=O) groups is 1. The van der Waals surface area contributed by atoms with E-state index >= 15 is 0 Å². The summed E-state index contributed by atoms with van der Waals surface area (Å²) in [5.74, 6) is 4.76. The SMILES string of the molecule is C=C(/C=C(\C(O)=C/C)C(C)C)C(=O)NN. The zero-order valence-corrected chi connectivity index (χ0v) is 9.37. The third-order valence-electron chi connectivity index (χ3n) is 1.94. The molecule has 0 spiro atoms. The van der Waals surface area contributed by atoms with Crippen LogP contribution in [0.3, 0.4) is 0 Å². The second kappa shape index (κ2) is 6.03. The second-order valence-corrected chi connectivity index (χ2v) is 3.43. The highest BCUT2D eigenvalue weighted by Gasteiger charge is 2.10. The molecule has 0 saturated heterocycles. The van der Waals surface area contributed by atoms with E-state index in [0.717, 1.165) is 0 Å². The maximum absolute atomic E-state index is 11.1. The van der Waals surface area contributed by atoms with Crippen molar-refractivity contribution in [2.75, 3.05) is 0 Å². The first-order valence-electron chi connectivity index (χ1n) is 4.71. The first kappa shape index (κ1) is 13.4. The van der Waals surface area contributed by atoms with Crippen molar-refractivity contribution in [3.63, 3.8) is 0 Å². The fraction of sp³-hybridized carbons (Fsp3) is 0.364. The largest absolute Gasteiger partial charge is 0.508 e. The molecule has 1 amide bonds. The molecule has 0 bridgehead atoms. The quantitative estimate of drug-likeness (QED) is 0.165. The van der Waals surface area contributed by atoms with Gasteiger partial charge in [0.1, 0.15) is 5.76 Å². The van der Waals surface area contributed by atoms with E-state index in [-0.39, 0.29) is 17.3 Å². The summed E-state index contributed by atoms with van der Waals surface area (Å²) in [5.41, 5.74) is 2.86. The summed E-state index contributed by atoms with van der Waals surface area (Å²) in [6.45, 7) is 9.11. The lowest BCUT2D eigenvalue weighted by molar-refractivity contribution is -0.117. The summed E-state index contributed by atoms with van der Waals surface area (Å²) in [5, 5.41) is 9.58. The predicted octanol–water partition coefficient (Wildman–Crippen LogP) is 1.58. The monoisotopic (exact) mass is 210 g/mol. The highest BCUT2D eigenvalue weighted by atomic mass is 16.3. The van der Waals surface area contributed by atoms with Crippen molar-refractivity contribution in [2.45, 2.75) is 20.8 Å². The molecule has 0 aromatic rings. The molecule has 0 aromatic carbocycles. The third-order valence-corrected chi connectivity index (χ3v) is 1.94. The summed E-state index contributed by atoms with van der Waals surface area (Å²) in [7, 11) is 0. The van der Waals surface area contributed by atoms with Crippen LogP contribution in [-0.4, -0.2) is 11.0 Å². The van der Waals surface area contributed by atoms with E-state index in [9.17, 15) is 9.90 Å². The first-order valence-corrected chi connectivity index (χ1v) is 4.71. The maximum atomic E-state index is 11.1. The molecule has 0 atom stereocenters. The van der Waals surface area contributed by atoms with Gasteiger partial charge >= 0.3 is 0 Å². The van der Waals surface area contributed by atoms with Gasteiger partial charge in [0.2, 0.25) is 0 Å². The molecule has 4 N–H and O–H groups in total. The Morgan fingerprint density at radius 3 is 2.40 bits per heavy atom. The number of hydrogen-bond donors (Lipinski definition) is 3. The molecule has 84 valence electrons. The summed E-state index contributed by atoms with van der Waals surface area (Å²) in [6, 6.07) is 0. The van der Waals surface area contributed by atoms with Gasteiger partial charge in [0, 0.05) is 5.57 Å². The average molecular weight is 210 g/mol. The highest BCUT2D eigenvalue weighted by molar-refractivity contribution is 5.95. The molecular formula is C11H18N2O2. The molecule has 0 aliphatic rings. The maximum Gasteiger partial charge on any atom is 0.264 e. The van der Waals surface area contributed by atoms with Gasteiger partial charge in [-0.05, 0) is 30.6 Å². The fourth-order valence-corrected chi connectivity index (χ4v) is 1.05. The Hall–Kier alpha value is -1.55. The molecule has 0 aliphatic heterocycles. The van der Waals surface area contributed by atoms with Crippen molar-refractivity contribution in [2.24, 2.45) is 11.8 Å². The van der Waals surface area contributed by atoms with Crippen molar-refractivity contribution < 1.29 is 9.90 Å². The number of aliphatic hydroxyl groups is 1. The number of nitrogens with one attached hydrogen (secondary N) is 1. The van der Waals surface area contributed by atoms with Gasteiger partial charge in [-0.2, -0.15) is 0 Å². The topological polar surface area (TPSA) is 75.3 Å². The Balaban J connectivity index is 5.02. The Bertz CT molecular complexity index is 315. The number of allylic oxidation sites excluding steroid dienone is 2. The van der Waals surface area contributed by atoms with Crippen molar-refractivity contribution in [3.8, 4) is 0 Å². The second-order valence-electron chi connectivity index (χ2n) is 3.43. The fourth-order valence-electron chi connectivity index (χ4n) is 1.05. The van der Waals surface area contributed by atoms with Crippen LogP contribution in [0.15, 0.2) is 35.6 Å². The smallest absolute Gasteiger partial charge is 0.264 e. The van der Waals surface area contributed by atoms with Crippen LogP contribution in [0, 0.1) is 5.92 Å². The van der Waals surface area contributed by atoms with E-state index in [1.165, 1.54) is 6.08 Å². The lowest BCUT2D eigenvalue weighted by Crippen LogP contribution is -2.30. The lowest BCUT2D eigenvalue weighted by Gasteiger charge is -2.11. The van der Waals surface area contributed by atoms with Crippen LogP contribution in [0.5, 0.6) is 0 Å². The molecule has 0 radical (unpaired) electrons. The number of rotatable bonds is 4. The van der Waals surface area contributed by atoms with Gasteiger partial charge in [-0.25, -0.2) is 5.84 Å². The van der Waals surface area contributed by atoms with Gasteiger partial charge in [-0.15, -0.1) is 0 Å². The molecule has 0 aliphatic carbocycles. The summed E-state index contributed by atoms with van der Waals surface area (Å²) >= 11 is 0. The zero-order chi connectivity index (χ0) is 12.0. The van der Waals surface area contributed by atoms with Gasteiger partial charge < -0.3 is 5.11 Å². The number of hydrazine groups is 1. The van der Waals surface area contributed by atoms with Crippen LogP contribution in [0.25, 0.3) is 0 Å². The van der Waals surface area contributed by atoms with Crippen molar-refractivity contribution in [1.82, 2.24) is 5.43 Å². The Morgan fingerprint density at radius 2 is 2.07 bits per heavy atom. The molecule has 0 fully saturated rings. The van der Waals surface area contributed by atoms with E-state index in [1.807, 2.05) is 19.3 Å². The van der Waals surface area contributed by atoms with E-state index in [2.05, 4.69) is 6.58 Å². The molecule has 0 heterocycles. The zero-order valence-electron chi connectivity index (χ0n) is 9.37. The van der Waals surface area contributed by atoms with Gasteiger partial charge in [0.05, 0.1) is 0 Å². The minimum Gasteiger partial charge on any atom is -0.508 e.